The smallest absolute Gasteiger partial charge is 0.0916 e. The molecule has 1 unspecified atom stereocenters. The molecule has 0 aliphatic carbocycles. The highest BCUT2D eigenvalue weighted by Gasteiger charge is 2.19. The first-order chi connectivity index (χ1) is 9.06. The van der Waals surface area contributed by atoms with Crippen LogP contribution in [0.5, 0.6) is 0 Å². The molecule has 0 spiro atoms. The minimum absolute atomic E-state index is 0.154. The van der Waals surface area contributed by atoms with Crippen LogP contribution in [0.1, 0.15) is 49.8 Å². The third kappa shape index (κ3) is 4.03. The Morgan fingerprint density at radius 3 is 2.16 bits per heavy atom. The summed E-state index contributed by atoms with van der Waals surface area (Å²) >= 11 is 0. The molecule has 1 aliphatic heterocycles. The predicted octanol–water partition coefficient (Wildman–Crippen LogP) is 2.30. The van der Waals surface area contributed by atoms with E-state index in [2.05, 4.69) is 30.9 Å². The van der Waals surface area contributed by atoms with E-state index in [4.69, 9.17) is 0 Å². The van der Waals surface area contributed by atoms with Crippen molar-refractivity contribution in [2.45, 2.75) is 44.8 Å². The Morgan fingerprint density at radius 2 is 1.63 bits per heavy atom. The summed E-state index contributed by atoms with van der Waals surface area (Å²) in [6, 6.07) is 8.25. The van der Waals surface area contributed by atoms with E-state index in [1.54, 1.807) is 0 Å². The molecule has 1 heterocycles. The molecule has 1 aromatic rings. The van der Waals surface area contributed by atoms with Crippen molar-refractivity contribution < 1.29 is 10.2 Å². The van der Waals surface area contributed by atoms with Crippen molar-refractivity contribution in [1.82, 2.24) is 4.90 Å². The van der Waals surface area contributed by atoms with E-state index in [1.165, 1.54) is 5.56 Å². The van der Waals surface area contributed by atoms with Crippen molar-refractivity contribution in [2.24, 2.45) is 0 Å². The topological polar surface area (TPSA) is 43.7 Å². The lowest BCUT2D eigenvalue weighted by atomic mass is 9.99. The van der Waals surface area contributed by atoms with Crippen LogP contribution in [0, 0.1) is 0 Å². The molecule has 3 nitrogen and oxygen atoms in total. The van der Waals surface area contributed by atoms with E-state index < -0.39 is 6.10 Å². The van der Waals surface area contributed by atoms with Crippen LogP contribution in [0.2, 0.25) is 0 Å². The van der Waals surface area contributed by atoms with Gasteiger partial charge >= 0.3 is 0 Å². The monoisotopic (exact) mass is 263 g/mol. The fourth-order valence-electron chi connectivity index (χ4n) is 2.55. The van der Waals surface area contributed by atoms with E-state index in [-0.39, 0.29) is 6.10 Å². The number of nitrogens with zero attached hydrogens (tertiary/aromatic N) is 1. The molecular weight excluding hydrogens is 238 g/mol. The maximum atomic E-state index is 10.3. The lowest BCUT2D eigenvalue weighted by Crippen LogP contribution is -2.38. The second-order valence-corrected chi connectivity index (χ2v) is 5.87. The summed E-state index contributed by atoms with van der Waals surface area (Å²) in [5.41, 5.74) is 2.28. The molecule has 0 saturated carbocycles. The third-order valence-electron chi connectivity index (χ3n) is 3.98. The second kappa shape index (κ2) is 6.51. The van der Waals surface area contributed by atoms with Gasteiger partial charge in [0.05, 0.1) is 12.2 Å². The molecule has 2 rings (SSSR count). The minimum Gasteiger partial charge on any atom is -0.393 e. The number of likely N-dealkylation sites (tertiary alicyclic amines) is 1. The molecule has 106 valence electrons. The number of aliphatic hydroxyl groups is 2. The molecule has 2 N–H and O–H groups in total. The van der Waals surface area contributed by atoms with Crippen molar-refractivity contribution >= 4 is 0 Å². The van der Waals surface area contributed by atoms with E-state index in [0.29, 0.717) is 12.5 Å². The van der Waals surface area contributed by atoms with E-state index in [0.717, 1.165) is 31.5 Å². The number of hydrogen-bond acceptors (Lipinski definition) is 3. The first-order valence-corrected chi connectivity index (χ1v) is 7.24. The molecule has 1 fully saturated rings. The summed E-state index contributed by atoms with van der Waals surface area (Å²) in [7, 11) is 0. The van der Waals surface area contributed by atoms with Crippen molar-refractivity contribution in [3.63, 3.8) is 0 Å². The minimum atomic E-state index is -0.434. The molecule has 1 atom stereocenters. The Hall–Kier alpha value is -0.900. The van der Waals surface area contributed by atoms with Gasteiger partial charge in [0.1, 0.15) is 0 Å². The van der Waals surface area contributed by atoms with Gasteiger partial charge in [0, 0.05) is 19.6 Å². The molecule has 3 heteroatoms. The van der Waals surface area contributed by atoms with Crippen molar-refractivity contribution in [1.29, 1.82) is 0 Å². The van der Waals surface area contributed by atoms with Gasteiger partial charge in [0.15, 0.2) is 0 Å². The van der Waals surface area contributed by atoms with Gasteiger partial charge in [-0.1, -0.05) is 38.1 Å². The highest BCUT2D eigenvalue weighted by Crippen LogP contribution is 2.20. The zero-order chi connectivity index (χ0) is 13.8. The summed E-state index contributed by atoms with van der Waals surface area (Å²) in [6.45, 7) is 6.76. The van der Waals surface area contributed by atoms with Gasteiger partial charge < -0.3 is 15.1 Å². The lowest BCUT2D eigenvalue weighted by molar-refractivity contribution is 0.0508. The van der Waals surface area contributed by atoms with Gasteiger partial charge in [-0.05, 0) is 29.9 Å². The largest absolute Gasteiger partial charge is 0.393 e. The highest BCUT2D eigenvalue weighted by molar-refractivity contribution is 5.26. The first kappa shape index (κ1) is 14.5. The average Bonchev–Trinajstić information content (AvgIpc) is 2.41. The Labute approximate surface area is 115 Å². The zero-order valence-electron chi connectivity index (χ0n) is 11.9. The van der Waals surface area contributed by atoms with E-state index in [1.807, 2.05) is 12.1 Å². The second-order valence-electron chi connectivity index (χ2n) is 5.87. The summed E-state index contributed by atoms with van der Waals surface area (Å²) in [6.07, 6.45) is 1.05. The van der Waals surface area contributed by atoms with Crippen LogP contribution in [0.15, 0.2) is 24.3 Å². The number of aliphatic hydroxyl groups excluding tert-OH is 2. The molecule has 1 aromatic carbocycles. The maximum absolute atomic E-state index is 10.3. The number of piperidine rings is 1. The molecular formula is C16H25NO2. The molecule has 0 radical (unpaired) electrons. The summed E-state index contributed by atoms with van der Waals surface area (Å²) in [5.74, 6) is 0.523. The van der Waals surface area contributed by atoms with Crippen LogP contribution in [-0.2, 0) is 0 Å². The van der Waals surface area contributed by atoms with Crippen LogP contribution < -0.4 is 0 Å². The van der Waals surface area contributed by atoms with Crippen LogP contribution >= 0.6 is 0 Å². The Kier molecular flexibility index (Phi) is 4.97. The van der Waals surface area contributed by atoms with E-state index >= 15 is 0 Å². The maximum Gasteiger partial charge on any atom is 0.0916 e. The lowest BCUT2D eigenvalue weighted by Gasteiger charge is -2.31. The number of rotatable bonds is 4. The Bertz CT molecular complexity index is 380. The molecule has 1 aliphatic rings. The normalized spacial score (nSPS) is 19.8. The van der Waals surface area contributed by atoms with Crippen molar-refractivity contribution in [3.8, 4) is 0 Å². The molecule has 0 amide bonds. The Morgan fingerprint density at radius 1 is 1.11 bits per heavy atom. The predicted molar refractivity (Wildman–Crippen MR) is 77.2 cm³/mol. The standard InChI is InChI=1S/C16H25NO2/c1-12(2)13-3-5-14(6-4-13)16(19)11-17-9-7-15(18)8-10-17/h3-6,12,15-16,18-19H,7-11H2,1-2H3. The quantitative estimate of drug-likeness (QED) is 0.876. The van der Waals surface area contributed by atoms with Gasteiger partial charge in [-0.3, -0.25) is 0 Å². The average molecular weight is 263 g/mol. The summed E-state index contributed by atoms with van der Waals surface area (Å²) < 4.78 is 0. The number of benzene rings is 1. The first-order valence-electron chi connectivity index (χ1n) is 7.24. The van der Waals surface area contributed by atoms with Crippen LogP contribution in [0.3, 0.4) is 0 Å². The Balaban J connectivity index is 1.90. The van der Waals surface area contributed by atoms with Gasteiger partial charge in [-0.25, -0.2) is 0 Å². The van der Waals surface area contributed by atoms with E-state index in [9.17, 15) is 10.2 Å². The van der Waals surface area contributed by atoms with Crippen LogP contribution in [-0.4, -0.2) is 40.9 Å². The highest BCUT2D eigenvalue weighted by atomic mass is 16.3. The SMILES string of the molecule is CC(C)c1ccc(C(O)CN2CCC(O)CC2)cc1. The summed E-state index contributed by atoms with van der Waals surface area (Å²) in [4.78, 5) is 2.23. The van der Waals surface area contributed by atoms with Crippen LogP contribution in [0.4, 0.5) is 0 Å². The molecule has 0 bridgehead atoms. The molecule has 1 saturated heterocycles. The van der Waals surface area contributed by atoms with Crippen molar-refractivity contribution in [3.05, 3.63) is 35.4 Å². The van der Waals surface area contributed by atoms with Gasteiger partial charge in [0.2, 0.25) is 0 Å². The molecule has 19 heavy (non-hydrogen) atoms. The van der Waals surface area contributed by atoms with Gasteiger partial charge in [-0.2, -0.15) is 0 Å². The number of hydrogen-bond donors (Lipinski definition) is 2. The van der Waals surface area contributed by atoms with Gasteiger partial charge in [-0.15, -0.1) is 0 Å². The fourth-order valence-corrected chi connectivity index (χ4v) is 2.55. The zero-order valence-corrected chi connectivity index (χ0v) is 11.9. The van der Waals surface area contributed by atoms with Crippen LogP contribution in [0.25, 0.3) is 0 Å². The number of β-amino-alcohol motifs (C(OH)–C–C–N with tert-alkyl or cyclic N) is 1. The van der Waals surface area contributed by atoms with Gasteiger partial charge in [0.25, 0.3) is 0 Å². The fraction of sp³-hybridized carbons (Fsp3) is 0.625. The molecule has 0 aromatic heterocycles. The summed E-state index contributed by atoms with van der Waals surface area (Å²) in [5, 5.41) is 19.7. The van der Waals surface area contributed by atoms with Crippen molar-refractivity contribution in [2.75, 3.05) is 19.6 Å². The third-order valence-corrected chi connectivity index (χ3v) is 3.98.